The van der Waals surface area contributed by atoms with Gasteiger partial charge in [-0.25, -0.2) is 9.78 Å². The minimum Gasteiger partial charge on any atom is -0.475 e. The topological polar surface area (TPSA) is 130 Å². The van der Waals surface area contributed by atoms with Crippen molar-refractivity contribution < 1.29 is 32.7 Å². The van der Waals surface area contributed by atoms with Gasteiger partial charge in [0.25, 0.3) is 11.8 Å². The van der Waals surface area contributed by atoms with Crippen molar-refractivity contribution in [3.8, 4) is 0 Å². The van der Waals surface area contributed by atoms with Gasteiger partial charge in [-0.1, -0.05) is 36.4 Å². The number of carboxylic acid groups (broad SMARTS) is 1. The Balaban J connectivity index is 0.000000517. The average Bonchev–Trinajstić information content (AvgIpc) is 3.62. The van der Waals surface area contributed by atoms with Gasteiger partial charge in [0.05, 0.1) is 5.92 Å². The molecule has 2 amide bonds. The number of hydrogen-bond acceptors (Lipinski definition) is 6. The van der Waals surface area contributed by atoms with Crippen LogP contribution in [0.3, 0.4) is 0 Å². The van der Waals surface area contributed by atoms with Crippen molar-refractivity contribution in [2.45, 2.75) is 38.5 Å². The fraction of sp³-hybridized carbons (Fsp3) is 0.241. The van der Waals surface area contributed by atoms with Crippen molar-refractivity contribution in [1.29, 1.82) is 0 Å². The highest BCUT2D eigenvalue weighted by Gasteiger charge is 2.38. The number of nitrogens with one attached hydrogen (secondary N) is 1. The summed E-state index contributed by atoms with van der Waals surface area (Å²) in [6.45, 7) is 4.88. The lowest BCUT2D eigenvalue weighted by Gasteiger charge is -2.17. The van der Waals surface area contributed by atoms with Gasteiger partial charge in [-0.2, -0.15) is 18.3 Å². The van der Waals surface area contributed by atoms with E-state index in [0.29, 0.717) is 30.2 Å². The molecule has 0 aliphatic carbocycles. The Morgan fingerprint density at radius 1 is 1.02 bits per heavy atom. The maximum absolute atomic E-state index is 13.3. The third-order valence-corrected chi connectivity index (χ3v) is 6.36. The molecule has 0 saturated carbocycles. The van der Waals surface area contributed by atoms with Crippen LogP contribution in [0.5, 0.6) is 0 Å². The number of carboxylic acids is 1. The molecule has 0 bridgehead atoms. The molecule has 10 nitrogen and oxygen atoms in total. The molecule has 0 spiro atoms. The first-order valence-corrected chi connectivity index (χ1v) is 12.9. The zero-order chi connectivity index (χ0) is 30.4. The highest BCUT2D eigenvalue weighted by Crippen LogP contribution is 2.40. The average molecular weight is 581 g/mol. The summed E-state index contributed by atoms with van der Waals surface area (Å²) in [6, 6.07) is 20.6. The molecule has 0 saturated heterocycles. The van der Waals surface area contributed by atoms with Gasteiger partial charge >= 0.3 is 12.1 Å². The van der Waals surface area contributed by atoms with Gasteiger partial charge in [0.15, 0.2) is 5.82 Å². The second kappa shape index (κ2) is 12.6. The quantitative estimate of drug-likeness (QED) is 0.341. The molecular formula is C29H27F3N6O4. The number of benzene rings is 2. The Morgan fingerprint density at radius 3 is 2.31 bits per heavy atom. The van der Waals surface area contributed by atoms with Crippen molar-refractivity contribution in [3.63, 3.8) is 0 Å². The van der Waals surface area contributed by atoms with Crippen molar-refractivity contribution in [1.82, 2.24) is 25.1 Å². The number of aromatic nitrogens is 4. The van der Waals surface area contributed by atoms with E-state index in [4.69, 9.17) is 9.90 Å². The van der Waals surface area contributed by atoms with Crippen LogP contribution in [0.1, 0.15) is 63.6 Å². The number of amides is 2. The van der Waals surface area contributed by atoms with Crippen LogP contribution in [0.25, 0.3) is 0 Å². The van der Waals surface area contributed by atoms with E-state index in [1.165, 1.54) is 0 Å². The SMILES string of the molecule is CC(C)n1cnc(C2CN(C(=O)c3ccccn3)c3ccc(C(=O)NCc4ccccc4)cc32)n1.O=C(O)C(F)(F)F. The van der Waals surface area contributed by atoms with Gasteiger partial charge in [0, 0.05) is 36.6 Å². The van der Waals surface area contributed by atoms with E-state index < -0.39 is 12.1 Å². The molecule has 2 aromatic heterocycles. The van der Waals surface area contributed by atoms with Crippen LogP contribution < -0.4 is 10.2 Å². The number of rotatable bonds is 6. The third kappa shape index (κ3) is 6.97. The van der Waals surface area contributed by atoms with E-state index >= 15 is 0 Å². The second-order valence-electron chi connectivity index (χ2n) is 9.60. The minimum absolute atomic E-state index is 0.165. The Kier molecular flexibility index (Phi) is 8.99. The number of nitrogens with zero attached hydrogens (tertiary/aromatic N) is 5. The minimum atomic E-state index is -5.08. The fourth-order valence-corrected chi connectivity index (χ4v) is 4.22. The van der Waals surface area contributed by atoms with E-state index in [9.17, 15) is 22.8 Å². The van der Waals surface area contributed by atoms with Crippen molar-refractivity contribution >= 4 is 23.5 Å². The Bertz CT molecular complexity index is 1560. The van der Waals surface area contributed by atoms with Crippen molar-refractivity contribution in [3.05, 3.63) is 107 Å². The molecule has 42 heavy (non-hydrogen) atoms. The highest BCUT2D eigenvalue weighted by molar-refractivity contribution is 6.07. The van der Waals surface area contributed by atoms with E-state index in [-0.39, 0.29) is 23.8 Å². The maximum Gasteiger partial charge on any atom is 0.490 e. The first-order chi connectivity index (χ1) is 20.0. The summed E-state index contributed by atoms with van der Waals surface area (Å²) in [5.74, 6) is -2.75. The molecule has 1 aliphatic rings. The standard InChI is InChI=1S/C27H26N6O2.C2HF3O2/c1-18(2)33-17-30-25(31-33)22-16-32(27(35)23-10-6-7-13-28-23)24-12-11-20(14-21(22)24)26(34)29-15-19-8-4-3-5-9-19;3-2(4,5)1(6)7/h3-14,17-18,22H,15-16H2,1-2H3,(H,29,34);(H,6,7). The molecule has 218 valence electrons. The normalized spacial score (nSPS) is 14.1. The molecule has 2 N–H and O–H groups in total. The second-order valence-corrected chi connectivity index (χ2v) is 9.60. The van der Waals surface area contributed by atoms with Crippen LogP contribution in [0.2, 0.25) is 0 Å². The molecule has 1 aliphatic heterocycles. The molecule has 4 aromatic rings. The number of carbonyl (C=O) groups is 3. The molecule has 1 unspecified atom stereocenters. The van der Waals surface area contributed by atoms with Gasteiger partial charge in [-0.05, 0) is 55.3 Å². The predicted octanol–water partition coefficient (Wildman–Crippen LogP) is 4.61. The summed E-state index contributed by atoms with van der Waals surface area (Å²) in [7, 11) is 0. The summed E-state index contributed by atoms with van der Waals surface area (Å²) in [6.07, 6.45) is -1.77. The summed E-state index contributed by atoms with van der Waals surface area (Å²) < 4.78 is 33.5. The summed E-state index contributed by atoms with van der Waals surface area (Å²) in [5.41, 5.74) is 3.51. The van der Waals surface area contributed by atoms with Gasteiger partial charge in [0.1, 0.15) is 12.0 Å². The van der Waals surface area contributed by atoms with Crippen LogP contribution in [0.15, 0.2) is 79.3 Å². The van der Waals surface area contributed by atoms with Crippen LogP contribution >= 0.6 is 0 Å². The largest absolute Gasteiger partial charge is 0.490 e. The van der Waals surface area contributed by atoms with E-state index in [1.807, 2.05) is 56.3 Å². The lowest BCUT2D eigenvalue weighted by molar-refractivity contribution is -0.192. The Labute approximate surface area is 238 Å². The molecule has 5 rings (SSSR count). The molecule has 0 fully saturated rings. The van der Waals surface area contributed by atoms with Gasteiger partial charge in [-0.15, -0.1) is 0 Å². The monoisotopic (exact) mass is 580 g/mol. The molecule has 13 heteroatoms. The van der Waals surface area contributed by atoms with E-state index in [2.05, 4.69) is 20.4 Å². The van der Waals surface area contributed by atoms with Crippen LogP contribution in [-0.4, -0.2) is 55.4 Å². The number of alkyl halides is 3. The molecule has 2 aromatic carbocycles. The lowest BCUT2D eigenvalue weighted by atomic mass is 9.98. The van der Waals surface area contributed by atoms with E-state index in [1.54, 1.807) is 46.4 Å². The Morgan fingerprint density at radius 2 is 1.71 bits per heavy atom. The first kappa shape index (κ1) is 29.9. The number of fused-ring (bicyclic) bond motifs is 1. The highest BCUT2D eigenvalue weighted by atomic mass is 19.4. The number of anilines is 1. The maximum atomic E-state index is 13.3. The zero-order valence-corrected chi connectivity index (χ0v) is 22.6. The van der Waals surface area contributed by atoms with Gasteiger partial charge in [0.2, 0.25) is 0 Å². The number of pyridine rings is 1. The summed E-state index contributed by atoms with van der Waals surface area (Å²) in [5, 5.41) is 14.8. The number of aliphatic carboxylic acids is 1. The fourth-order valence-electron chi connectivity index (χ4n) is 4.22. The van der Waals surface area contributed by atoms with Gasteiger partial charge in [-0.3, -0.25) is 19.3 Å². The molecule has 0 radical (unpaired) electrons. The summed E-state index contributed by atoms with van der Waals surface area (Å²) in [4.78, 5) is 45.6. The lowest BCUT2D eigenvalue weighted by Crippen LogP contribution is -2.30. The molecular weight excluding hydrogens is 553 g/mol. The smallest absolute Gasteiger partial charge is 0.475 e. The van der Waals surface area contributed by atoms with E-state index in [0.717, 1.165) is 16.8 Å². The first-order valence-electron chi connectivity index (χ1n) is 12.9. The molecule has 1 atom stereocenters. The Hall–Kier alpha value is -5.07. The number of carbonyl (C=O) groups excluding carboxylic acids is 2. The van der Waals surface area contributed by atoms with Gasteiger partial charge < -0.3 is 15.3 Å². The number of halogens is 3. The summed E-state index contributed by atoms with van der Waals surface area (Å²) >= 11 is 0. The van der Waals surface area contributed by atoms with Crippen LogP contribution in [0.4, 0.5) is 18.9 Å². The van der Waals surface area contributed by atoms with Crippen LogP contribution in [-0.2, 0) is 11.3 Å². The molecule has 3 heterocycles. The van der Waals surface area contributed by atoms with Crippen molar-refractivity contribution in [2.75, 3.05) is 11.4 Å². The van der Waals surface area contributed by atoms with Crippen LogP contribution in [0, 0.1) is 0 Å². The third-order valence-electron chi connectivity index (χ3n) is 6.36. The zero-order valence-electron chi connectivity index (χ0n) is 22.6. The number of hydrogen-bond donors (Lipinski definition) is 2. The van der Waals surface area contributed by atoms with Crippen molar-refractivity contribution in [2.24, 2.45) is 0 Å². The predicted molar refractivity (Wildman–Crippen MR) is 146 cm³/mol.